The number of rotatable bonds is 11. The van der Waals surface area contributed by atoms with Crippen LogP contribution in [0.5, 0.6) is 0 Å². The number of hydrogen-bond donors (Lipinski definition) is 0. The Labute approximate surface area is 388 Å². The molecule has 0 fully saturated rings. The molecule has 0 unspecified atom stereocenters. The molecule has 0 saturated carbocycles. The minimum atomic E-state index is 0.887. The third-order valence-corrected chi connectivity index (χ3v) is 12.7. The number of fused-ring (bicyclic) bond motifs is 2. The number of allylic oxidation sites excluding steroid dienone is 4. The quantitative estimate of drug-likeness (QED) is 0.0937. The first-order chi connectivity index (χ1) is 32.6. The van der Waals surface area contributed by atoms with Gasteiger partial charge in [0.15, 0.2) is 0 Å². The summed E-state index contributed by atoms with van der Waals surface area (Å²) in [5, 5.41) is 4.78. The van der Waals surface area contributed by atoms with Gasteiger partial charge in [-0.15, -0.1) is 0 Å². The fourth-order valence-electron chi connectivity index (χ4n) is 9.61. The lowest BCUT2D eigenvalue weighted by atomic mass is 9.80. The average Bonchev–Trinajstić information content (AvgIpc) is 3.79. The van der Waals surface area contributed by atoms with Crippen molar-refractivity contribution in [3.63, 3.8) is 0 Å². The first-order valence-corrected chi connectivity index (χ1v) is 22.7. The minimum Gasteiger partial charge on any atom is -0.292 e. The highest BCUT2D eigenvalue weighted by Crippen LogP contribution is 2.46. The molecule has 1 heterocycles. The molecule has 0 aliphatic rings. The molecule has 0 aliphatic heterocycles. The van der Waals surface area contributed by atoms with Crippen LogP contribution in [0, 0.1) is 6.92 Å². The maximum Gasteiger partial charge on any atom is 0.145 e. The predicted octanol–water partition coefficient (Wildman–Crippen LogP) is 17.3. The zero-order valence-corrected chi connectivity index (χ0v) is 37.6. The van der Waals surface area contributed by atoms with Gasteiger partial charge >= 0.3 is 0 Å². The molecular weight excluding hydrogens is 797 g/mol. The fraction of sp³-hybridized carbons (Fsp3) is 0.0469. The summed E-state index contributed by atoms with van der Waals surface area (Å²) < 4.78 is 2.35. The topological polar surface area (TPSA) is 17.8 Å². The van der Waals surface area contributed by atoms with Crippen LogP contribution >= 0.6 is 0 Å². The van der Waals surface area contributed by atoms with Gasteiger partial charge in [0, 0.05) is 22.4 Å². The Kier molecular flexibility index (Phi) is 11.6. The normalized spacial score (nSPS) is 12.0. The fourth-order valence-corrected chi connectivity index (χ4v) is 9.61. The van der Waals surface area contributed by atoms with Crippen LogP contribution in [0.4, 0.5) is 0 Å². The van der Waals surface area contributed by atoms with Gasteiger partial charge in [0.25, 0.3) is 0 Å². The van der Waals surface area contributed by atoms with E-state index < -0.39 is 0 Å². The summed E-state index contributed by atoms with van der Waals surface area (Å²) in [6.07, 6.45) is 10.8. The smallest absolute Gasteiger partial charge is 0.145 e. The van der Waals surface area contributed by atoms with E-state index >= 15 is 0 Å². The van der Waals surface area contributed by atoms with Gasteiger partial charge in [0.2, 0.25) is 0 Å². The van der Waals surface area contributed by atoms with Crippen molar-refractivity contribution in [2.75, 3.05) is 0 Å². The van der Waals surface area contributed by atoms with Gasteiger partial charge in [-0.05, 0) is 116 Å². The molecule has 0 radical (unpaired) electrons. The summed E-state index contributed by atoms with van der Waals surface area (Å²) in [7, 11) is 0. The largest absolute Gasteiger partial charge is 0.292 e. The van der Waals surface area contributed by atoms with Crippen molar-refractivity contribution in [3.05, 3.63) is 271 Å². The molecule has 0 atom stereocenters. The molecule has 1 aromatic heterocycles. The molecule has 0 spiro atoms. The molecule has 0 saturated heterocycles. The summed E-state index contributed by atoms with van der Waals surface area (Å²) in [6.45, 7) is 10.7. The lowest BCUT2D eigenvalue weighted by Crippen LogP contribution is -2.01. The molecule has 2 nitrogen and oxygen atoms in total. The van der Waals surface area contributed by atoms with E-state index in [0.29, 0.717) is 0 Å². The second-order valence-electron chi connectivity index (χ2n) is 16.6. The van der Waals surface area contributed by atoms with Gasteiger partial charge in [-0.3, -0.25) is 4.57 Å². The Bertz CT molecular complexity index is 3490. The Hall–Kier alpha value is -8.33. The molecule has 10 aromatic rings. The Morgan fingerprint density at radius 1 is 0.485 bits per heavy atom. The highest BCUT2D eigenvalue weighted by atomic mass is 15.1. The highest BCUT2D eigenvalue weighted by Gasteiger charge is 2.25. The van der Waals surface area contributed by atoms with Crippen molar-refractivity contribution in [2.24, 2.45) is 0 Å². The summed E-state index contributed by atoms with van der Waals surface area (Å²) in [5.74, 6) is 0.887. The van der Waals surface area contributed by atoms with Gasteiger partial charge < -0.3 is 0 Å². The van der Waals surface area contributed by atoms with Crippen LogP contribution in [0.1, 0.15) is 47.2 Å². The van der Waals surface area contributed by atoms with Crippen LogP contribution in [0.15, 0.2) is 237 Å². The van der Waals surface area contributed by atoms with Gasteiger partial charge in [-0.1, -0.05) is 225 Å². The number of aromatic nitrogens is 2. The molecule has 0 amide bonds. The van der Waals surface area contributed by atoms with Crippen LogP contribution in [0.3, 0.4) is 0 Å². The van der Waals surface area contributed by atoms with E-state index in [0.717, 1.165) is 61.8 Å². The number of imidazole rings is 1. The molecule has 316 valence electrons. The van der Waals surface area contributed by atoms with Crippen LogP contribution in [-0.4, -0.2) is 9.55 Å². The zero-order chi connectivity index (χ0) is 45.0. The lowest BCUT2D eigenvalue weighted by molar-refractivity contribution is 1.07. The lowest BCUT2D eigenvalue weighted by Gasteiger charge is -2.23. The van der Waals surface area contributed by atoms with Crippen LogP contribution in [-0.2, 0) is 0 Å². The third-order valence-electron chi connectivity index (χ3n) is 12.7. The maximum absolute atomic E-state index is 5.48. The van der Waals surface area contributed by atoms with Crippen molar-refractivity contribution in [3.8, 4) is 50.7 Å². The van der Waals surface area contributed by atoms with E-state index in [1.54, 1.807) is 0 Å². The number of aryl methyl sites for hydroxylation is 1. The highest BCUT2D eigenvalue weighted by molar-refractivity contribution is 6.19. The van der Waals surface area contributed by atoms with Crippen molar-refractivity contribution in [1.29, 1.82) is 0 Å². The van der Waals surface area contributed by atoms with E-state index in [-0.39, 0.29) is 0 Å². The second kappa shape index (κ2) is 18.4. The molecule has 10 rings (SSSR count). The van der Waals surface area contributed by atoms with Crippen LogP contribution in [0.25, 0.3) is 89.5 Å². The number of benzene rings is 9. The summed E-state index contributed by atoms with van der Waals surface area (Å²) in [5.41, 5.74) is 18.0. The summed E-state index contributed by atoms with van der Waals surface area (Å²) >= 11 is 0. The molecule has 0 N–H and O–H groups in total. The van der Waals surface area contributed by atoms with Crippen molar-refractivity contribution >= 4 is 38.8 Å². The molecule has 2 heteroatoms. The minimum absolute atomic E-state index is 0.887. The van der Waals surface area contributed by atoms with Crippen molar-refractivity contribution in [1.82, 2.24) is 9.55 Å². The number of nitrogens with zero attached hydrogens (tertiary/aromatic N) is 2. The summed E-state index contributed by atoms with van der Waals surface area (Å²) in [4.78, 5) is 5.48. The Balaban J connectivity index is 1.27. The Morgan fingerprint density at radius 2 is 1.05 bits per heavy atom. The monoisotopic (exact) mass is 846 g/mol. The van der Waals surface area contributed by atoms with E-state index in [9.17, 15) is 0 Å². The molecular formula is C64H50N2. The van der Waals surface area contributed by atoms with Gasteiger partial charge in [0.1, 0.15) is 5.82 Å². The number of hydrogen-bond acceptors (Lipinski definition) is 1. The maximum atomic E-state index is 5.48. The zero-order valence-electron chi connectivity index (χ0n) is 37.6. The van der Waals surface area contributed by atoms with Crippen molar-refractivity contribution in [2.45, 2.75) is 20.8 Å². The molecule has 0 bridgehead atoms. The van der Waals surface area contributed by atoms with E-state index in [1.165, 1.54) is 54.9 Å². The third kappa shape index (κ3) is 7.63. The summed E-state index contributed by atoms with van der Waals surface area (Å²) in [6, 6.07) is 74.0. The first-order valence-electron chi connectivity index (χ1n) is 22.7. The molecule has 66 heavy (non-hydrogen) atoms. The molecule has 0 aliphatic carbocycles. The van der Waals surface area contributed by atoms with Crippen LogP contribution < -0.4 is 0 Å². The molecule has 9 aromatic carbocycles. The predicted molar refractivity (Wildman–Crippen MR) is 283 cm³/mol. The standard InChI is InChI=1S/C64H50N2/c1-5-8-35-55(53-36-20-18-25-44(53)4)61-57-39-23-22-38-56(57)60(52(7-3)54-37-21-19-26-45(54)6-2)59-43-50(40-41-58(59)61)49-33-24-34-51(42-49)66-63(47-29-14-10-15-30-47)62(46-27-12-9-13-28-46)65-64(66)48-31-16-11-17-32-48/h5-43H,2H2,1,3-4H3/b8-5-,52-7+,55-35+. The van der Waals surface area contributed by atoms with Crippen LogP contribution in [0.2, 0.25) is 0 Å². The SMILES string of the molecule is C=Cc1ccccc1/C(=C\C)c1c2ccccc2c(/C(=C/C=C\C)c2ccccc2C)c2ccc(-c3cccc(-n4c(-c5ccccc5)nc(-c5ccccc5)c4-c4ccccc4)c3)cc12. The second-order valence-corrected chi connectivity index (χ2v) is 16.6. The van der Waals surface area contributed by atoms with E-state index in [1.807, 2.05) is 6.08 Å². The average molecular weight is 847 g/mol. The van der Waals surface area contributed by atoms with Gasteiger partial charge in [-0.25, -0.2) is 4.98 Å². The van der Waals surface area contributed by atoms with Gasteiger partial charge in [-0.2, -0.15) is 0 Å². The first kappa shape index (κ1) is 41.7. The van der Waals surface area contributed by atoms with Crippen molar-refractivity contribution < 1.29 is 0 Å². The Morgan fingerprint density at radius 3 is 1.71 bits per heavy atom. The van der Waals surface area contributed by atoms with E-state index in [2.05, 4.69) is 262 Å². The van der Waals surface area contributed by atoms with Gasteiger partial charge in [0.05, 0.1) is 11.4 Å². The van der Waals surface area contributed by atoms with E-state index in [4.69, 9.17) is 4.98 Å².